The summed E-state index contributed by atoms with van der Waals surface area (Å²) in [5.74, 6) is 1.95. The molecule has 0 spiro atoms. The summed E-state index contributed by atoms with van der Waals surface area (Å²) in [6.45, 7) is 0. The average molecular weight is 657 g/mol. The minimum Gasteiger partial charge on any atom is -0.308 e. The average Bonchev–Trinajstić information content (AvgIpc) is 3.75. The molecule has 234 valence electrons. The van der Waals surface area contributed by atoms with E-state index in [1.807, 2.05) is 72.0 Å². The van der Waals surface area contributed by atoms with E-state index in [-0.39, 0.29) is 0 Å². The van der Waals surface area contributed by atoms with E-state index >= 15 is 0 Å². The third-order valence-corrected chi connectivity index (χ3v) is 10.6. The second-order valence-corrected chi connectivity index (χ2v) is 13.5. The van der Waals surface area contributed by atoms with Crippen molar-refractivity contribution in [2.75, 3.05) is 0 Å². The van der Waals surface area contributed by atoms with Crippen LogP contribution in [0.5, 0.6) is 0 Å². The van der Waals surface area contributed by atoms with Crippen LogP contribution in [0.3, 0.4) is 0 Å². The first kappa shape index (κ1) is 28.6. The van der Waals surface area contributed by atoms with Crippen molar-refractivity contribution in [2.24, 2.45) is 0 Å². The summed E-state index contributed by atoms with van der Waals surface area (Å²) >= 11 is 1.87. The normalized spacial score (nSPS) is 11.6. The minimum atomic E-state index is 0.644. The molecule has 50 heavy (non-hydrogen) atoms. The van der Waals surface area contributed by atoms with Gasteiger partial charge < -0.3 is 4.57 Å². The number of aromatic nitrogens is 4. The molecule has 4 nitrogen and oxygen atoms in total. The van der Waals surface area contributed by atoms with Crippen molar-refractivity contribution in [1.29, 1.82) is 0 Å². The Balaban J connectivity index is 1.13. The van der Waals surface area contributed by atoms with Gasteiger partial charge in [0.1, 0.15) is 0 Å². The summed E-state index contributed by atoms with van der Waals surface area (Å²) in [6.07, 6.45) is 0. The maximum absolute atomic E-state index is 4.98. The first-order valence-corrected chi connectivity index (χ1v) is 17.5. The molecule has 3 aromatic heterocycles. The smallest absolute Gasteiger partial charge is 0.164 e. The molecule has 0 fully saturated rings. The lowest BCUT2D eigenvalue weighted by Crippen LogP contribution is -2.00. The molecule has 0 amide bonds. The standard InChI is InChI=1S/C45H28N4S/c1-3-13-29(14-4-1)43-46-44(30-15-5-2-6-16-30)48-45(47-43)33-19-11-17-31(27-33)32-18-12-20-34(28-32)49-39-23-9-7-21-35(39)37-25-26-38-36-22-8-10-24-40(36)50-42(38)41(37)49/h1-28H. The fourth-order valence-electron chi connectivity index (χ4n) is 7.10. The lowest BCUT2D eigenvalue weighted by atomic mass is 10.0. The molecule has 0 saturated heterocycles. The Morgan fingerprint density at radius 3 is 1.66 bits per heavy atom. The van der Waals surface area contributed by atoms with Crippen LogP contribution in [0.15, 0.2) is 170 Å². The van der Waals surface area contributed by atoms with Crippen LogP contribution in [0.25, 0.3) is 93.0 Å². The topological polar surface area (TPSA) is 43.6 Å². The molecule has 0 unspecified atom stereocenters. The van der Waals surface area contributed by atoms with Gasteiger partial charge in [-0.2, -0.15) is 0 Å². The van der Waals surface area contributed by atoms with Crippen LogP contribution >= 0.6 is 11.3 Å². The van der Waals surface area contributed by atoms with Crippen LogP contribution in [-0.2, 0) is 0 Å². The number of rotatable bonds is 5. The fourth-order valence-corrected chi connectivity index (χ4v) is 8.34. The Bertz CT molecular complexity index is 2810. The van der Waals surface area contributed by atoms with Crippen molar-refractivity contribution in [3.05, 3.63) is 170 Å². The van der Waals surface area contributed by atoms with Gasteiger partial charge in [-0.25, -0.2) is 15.0 Å². The number of para-hydroxylation sites is 1. The number of fused-ring (bicyclic) bond motifs is 7. The van der Waals surface area contributed by atoms with Gasteiger partial charge in [0.05, 0.1) is 15.7 Å². The van der Waals surface area contributed by atoms with Crippen LogP contribution < -0.4 is 0 Å². The molecule has 10 rings (SSSR count). The molecule has 0 aliphatic rings. The zero-order chi connectivity index (χ0) is 33.0. The summed E-state index contributed by atoms with van der Waals surface area (Å²) < 4.78 is 5.06. The van der Waals surface area contributed by atoms with E-state index in [1.54, 1.807) is 0 Å². The maximum Gasteiger partial charge on any atom is 0.164 e. The van der Waals surface area contributed by atoms with Gasteiger partial charge in [-0.05, 0) is 41.5 Å². The summed E-state index contributed by atoms with van der Waals surface area (Å²) in [4.78, 5) is 14.8. The van der Waals surface area contributed by atoms with Crippen LogP contribution in [0.1, 0.15) is 0 Å². The van der Waals surface area contributed by atoms with Gasteiger partial charge in [0.2, 0.25) is 0 Å². The van der Waals surface area contributed by atoms with Crippen LogP contribution in [-0.4, -0.2) is 19.5 Å². The van der Waals surface area contributed by atoms with E-state index in [0.717, 1.165) is 33.5 Å². The Kier molecular flexibility index (Phi) is 6.64. The van der Waals surface area contributed by atoms with Crippen molar-refractivity contribution in [3.8, 4) is 51.0 Å². The van der Waals surface area contributed by atoms with E-state index in [1.165, 1.54) is 42.0 Å². The largest absolute Gasteiger partial charge is 0.308 e. The zero-order valence-electron chi connectivity index (χ0n) is 26.9. The predicted molar refractivity (Wildman–Crippen MR) is 209 cm³/mol. The first-order valence-electron chi connectivity index (χ1n) is 16.7. The highest BCUT2D eigenvalue weighted by Crippen LogP contribution is 2.43. The van der Waals surface area contributed by atoms with Gasteiger partial charge in [-0.15, -0.1) is 11.3 Å². The number of nitrogens with zero attached hydrogens (tertiary/aromatic N) is 4. The first-order chi connectivity index (χ1) is 24.8. The Labute approximate surface area is 292 Å². The van der Waals surface area contributed by atoms with E-state index in [9.17, 15) is 0 Å². The number of hydrogen-bond acceptors (Lipinski definition) is 4. The molecule has 0 aliphatic carbocycles. The molecule has 0 radical (unpaired) electrons. The predicted octanol–water partition coefficient (Wildman–Crippen LogP) is 12.0. The van der Waals surface area contributed by atoms with Gasteiger partial charge >= 0.3 is 0 Å². The lowest BCUT2D eigenvalue weighted by molar-refractivity contribution is 1.07. The number of benzene rings is 7. The fraction of sp³-hybridized carbons (Fsp3) is 0. The Morgan fingerprint density at radius 2 is 0.920 bits per heavy atom. The van der Waals surface area contributed by atoms with Crippen molar-refractivity contribution in [3.63, 3.8) is 0 Å². The number of hydrogen-bond donors (Lipinski definition) is 0. The molecular formula is C45H28N4S. The van der Waals surface area contributed by atoms with Crippen LogP contribution in [0.2, 0.25) is 0 Å². The third kappa shape index (κ3) is 4.71. The summed E-state index contributed by atoms with van der Waals surface area (Å²) in [5.41, 5.74) is 8.65. The second kappa shape index (κ2) is 11.6. The molecule has 0 atom stereocenters. The molecule has 0 aliphatic heterocycles. The third-order valence-electron chi connectivity index (χ3n) is 9.44. The monoisotopic (exact) mass is 656 g/mol. The molecule has 7 aromatic carbocycles. The molecule has 0 saturated carbocycles. The Hall–Kier alpha value is -6.43. The van der Waals surface area contributed by atoms with E-state index in [2.05, 4.69) is 114 Å². The molecule has 3 heterocycles. The molecule has 5 heteroatoms. The van der Waals surface area contributed by atoms with Gasteiger partial charge in [-0.3, -0.25) is 0 Å². The van der Waals surface area contributed by atoms with E-state index in [4.69, 9.17) is 15.0 Å². The van der Waals surface area contributed by atoms with Crippen LogP contribution in [0.4, 0.5) is 0 Å². The van der Waals surface area contributed by atoms with Gasteiger partial charge in [0.25, 0.3) is 0 Å². The van der Waals surface area contributed by atoms with Crippen molar-refractivity contribution >= 4 is 53.3 Å². The van der Waals surface area contributed by atoms with Crippen molar-refractivity contribution in [2.45, 2.75) is 0 Å². The highest BCUT2D eigenvalue weighted by Gasteiger charge is 2.18. The van der Waals surface area contributed by atoms with E-state index in [0.29, 0.717) is 17.5 Å². The maximum atomic E-state index is 4.98. The summed E-state index contributed by atoms with van der Waals surface area (Å²) in [6, 6.07) is 59.7. The van der Waals surface area contributed by atoms with Gasteiger partial charge in [0.15, 0.2) is 17.5 Å². The Morgan fingerprint density at radius 1 is 0.380 bits per heavy atom. The number of thiophene rings is 1. The SMILES string of the molecule is c1ccc(-c2nc(-c3ccccc3)nc(-c3cccc(-c4cccc(-n5c6ccccc6c6ccc7c8ccccc8sc7c65)c4)c3)n2)cc1. The van der Waals surface area contributed by atoms with Gasteiger partial charge in [-0.1, -0.05) is 140 Å². The zero-order valence-corrected chi connectivity index (χ0v) is 27.7. The highest BCUT2D eigenvalue weighted by molar-refractivity contribution is 7.26. The molecule has 10 aromatic rings. The quantitative estimate of drug-likeness (QED) is 0.185. The van der Waals surface area contributed by atoms with Crippen molar-refractivity contribution < 1.29 is 0 Å². The summed E-state index contributed by atoms with van der Waals surface area (Å²) in [5, 5.41) is 5.13. The lowest BCUT2D eigenvalue weighted by Gasteiger charge is -2.12. The second-order valence-electron chi connectivity index (χ2n) is 12.5. The molecule has 0 bridgehead atoms. The molecule has 0 N–H and O–H groups in total. The van der Waals surface area contributed by atoms with Crippen molar-refractivity contribution in [1.82, 2.24) is 19.5 Å². The molecular weight excluding hydrogens is 629 g/mol. The van der Waals surface area contributed by atoms with Crippen LogP contribution in [0, 0.1) is 0 Å². The van der Waals surface area contributed by atoms with E-state index < -0.39 is 0 Å². The minimum absolute atomic E-state index is 0.644. The summed E-state index contributed by atoms with van der Waals surface area (Å²) in [7, 11) is 0. The van der Waals surface area contributed by atoms with Gasteiger partial charge in [0, 0.05) is 48.6 Å². The highest BCUT2D eigenvalue weighted by atomic mass is 32.1.